The third-order valence-corrected chi connectivity index (χ3v) is 4.62. The van der Waals surface area contributed by atoms with Crippen molar-refractivity contribution < 1.29 is 0 Å². The van der Waals surface area contributed by atoms with Crippen molar-refractivity contribution >= 4 is 17.7 Å². The van der Waals surface area contributed by atoms with E-state index in [-0.39, 0.29) is 0 Å². The van der Waals surface area contributed by atoms with Gasteiger partial charge in [0.05, 0.1) is 0 Å². The van der Waals surface area contributed by atoms with Crippen molar-refractivity contribution in [3.63, 3.8) is 0 Å². The number of aromatic nitrogens is 1. The summed E-state index contributed by atoms with van der Waals surface area (Å²) < 4.78 is 0.302. The first-order valence-electron chi connectivity index (χ1n) is 7.10. The lowest BCUT2D eigenvalue weighted by atomic mass is 10.2. The van der Waals surface area contributed by atoms with Gasteiger partial charge in [0, 0.05) is 55.5 Å². The number of pyridine rings is 1. The van der Waals surface area contributed by atoms with E-state index in [1.807, 2.05) is 37.1 Å². The van der Waals surface area contributed by atoms with Crippen molar-refractivity contribution in [2.45, 2.75) is 25.0 Å². The third-order valence-electron chi connectivity index (χ3n) is 3.33. The fraction of sp³-hybridized carbons (Fsp3) is 0.600. The van der Waals surface area contributed by atoms with Crippen molar-refractivity contribution in [3.05, 3.63) is 30.1 Å². The Labute approximate surface area is 126 Å². The second-order valence-corrected chi connectivity index (χ2v) is 7.38. The number of hydrogen-bond donors (Lipinski definition) is 1. The summed E-state index contributed by atoms with van der Waals surface area (Å²) in [4.78, 5) is 11.1. The molecule has 0 amide bonds. The van der Waals surface area contributed by atoms with Gasteiger partial charge in [-0.25, -0.2) is 0 Å². The maximum Gasteiger partial charge on any atom is 0.193 e. The van der Waals surface area contributed by atoms with Crippen LogP contribution in [0.1, 0.15) is 19.5 Å². The highest BCUT2D eigenvalue weighted by Gasteiger charge is 2.28. The Morgan fingerprint density at radius 1 is 1.50 bits per heavy atom. The molecule has 4 nitrogen and oxygen atoms in total. The van der Waals surface area contributed by atoms with Gasteiger partial charge >= 0.3 is 0 Å². The van der Waals surface area contributed by atoms with Gasteiger partial charge in [0.2, 0.25) is 0 Å². The number of rotatable bonds is 3. The largest absolute Gasteiger partial charge is 0.356 e. The van der Waals surface area contributed by atoms with Gasteiger partial charge in [-0.3, -0.25) is 9.98 Å². The first-order valence-corrected chi connectivity index (χ1v) is 8.09. The minimum atomic E-state index is 0.302. The lowest BCUT2D eigenvalue weighted by Gasteiger charge is -2.39. The van der Waals surface area contributed by atoms with Crippen LogP contribution in [0.5, 0.6) is 0 Å². The van der Waals surface area contributed by atoms with Gasteiger partial charge in [0.25, 0.3) is 0 Å². The molecule has 0 radical (unpaired) electrons. The average Bonchev–Trinajstić information content (AvgIpc) is 2.43. The molecule has 1 aromatic rings. The SMILES string of the molecule is CN=C(NCCc1ccccn1)N1CCSC(C)(C)C1. The molecule has 1 aliphatic heterocycles. The van der Waals surface area contributed by atoms with Crippen molar-refractivity contribution in [1.29, 1.82) is 0 Å². The summed E-state index contributed by atoms with van der Waals surface area (Å²) in [5, 5.41) is 3.45. The first kappa shape index (κ1) is 15.2. The normalized spacial score (nSPS) is 18.9. The van der Waals surface area contributed by atoms with Crippen LogP contribution in [0.25, 0.3) is 0 Å². The van der Waals surface area contributed by atoms with Crippen LogP contribution in [-0.4, -0.2) is 53.0 Å². The number of nitrogens with one attached hydrogen (secondary N) is 1. The number of nitrogens with zero attached hydrogens (tertiary/aromatic N) is 3. The number of aliphatic imine (C=N–C) groups is 1. The molecule has 2 rings (SSSR count). The molecule has 0 spiro atoms. The molecule has 5 heteroatoms. The topological polar surface area (TPSA) is 40.5 Å². The minimum absolute atomic E-state index is 0.302. The maximum atomic E-state index is 4.41. The van der Waals surface area contributed by atoms with Crippen molar-refractivity contribution in [2.75, 3.05) is 32.4 Å². The summed E-state index contributed by atoms with van der Waals surface area (Å²) in [6.45, 7) is 7.57. The van der Waals surface area contributed by atoms with Crippen LogP contribution in [-0.2, 0) is 6.42 Å². The van der Waals surface area contributed by atoms with Crippen LogP contribution >= 0.6 is 11.8 Å². The maximum absolute atomic E-state index is 4.41. The Morgan fingerprint density at radius 2 is 2.35 bits per heavy atom. The van der Waals surface area contributed by atoms with Gasteiger partial charge in [-0.1, -0.05) is 6.07 Å². The second kappa shape index (κ2) is 6.97. The van der Waals surface area contributed by atoms with Crippen LogP contribution in [0.4, 0.5) is 0 Å². The zero-order valence-electron chi connectivity index (χ0n) is 12.6. The smallest absolute Gasteiger partial charge is 0.193 e. The van der Waals surface area contributed by atoms with Crippen LogP contribution in [0, 0.1) is 0 Å². The van der Waals surface area contributed by atoms with Crippen LogP contribution < -0.4 is 5.32 Å². The highest BCUT2D eigenvalue weighted by molar-refractivity contribution is 8.00. The summed E-state index contributed by atoms with van der Waals surface area (Å²) in [6, 6.07) is 6.04. The van der Waals surface area contributed by atoms with E-state index in [0.717, 1.165) is 43.5 Å². The molecule has 1 saturated heterocycles. The monoisotopic (exact) mass is 292 g/mol. The quantitative estimate of drug-likeness (QED) is 0.683. The van der Waals surface area contributed by atoms with Crippen molar-refractivity contribution in [1.82, 2.24) is 15.2 Å². The highest BCUT2D eigenvalue weighted by Crippen LogP contribution is 2.29. The Morgan fingerprint density at radius 3 is 3.00 bits per heavy atom. The second-order valence-electron chi connectivity index (χ2n) is 5.57. The molecule has 0 atom stereocenters. The molecule has 0 aliphatic carbocycles. The summed E-state index contributed by atoms with van der Waals surface area (Å²) >= 11 is 2.04. The zero-order chi connectivity index (χ0) is 14.4. The molecule has 2 heterocycles. The zero-order valence-corrected chi connectivity index (χ0v) is 13.4. The van der Waals surface area contributed by atoms with E-state index in [2.05, 4.69) is 40.1 Å². The summed E-state index contributed by atoms with van der Waals surface area (Å²) in [5.41, 5.74) is 1.12. The molecule has 1 fully saturated rings. The van der Waals surface area contributed by atoms with Gasteiger partial charge in [-0.05, 0) is 26.0 Å². The van der Waals surface area contributed by atoms with E-state index in [9.17, 15) is 0 Å². The van der Waals surface area contributed by atoms with Crippen LogP contribution in [0.15, 0.2) is 29.4 Å². The van der Waals surface area contributed by atoms with E-state index in [0.29, 0.717) is 4.75 Å². The van der Waals surface area contributed by atoms with E-state index < -0.39 is 0 Å². The predicted octanol–water partition coefficient (Wildman–Crippen LogP) is 2.03. The highest BCUT2D eigenvalue weighted by atomic mass is 32.2. The lowest BCUT2D eigenvalue weighted by molar-refractivity contribution is 0.376. The van der Waals surface area contributed by atoms with Gasteiger partial charge in [0.15, 0.2) is 5.96 Å². The van der Waals surface area contributed by atoms with Crippen molar-refractivity contribution in [3.8, 4) is 0 Å². The molecular weight excluding hydrogens is 268 g/mol. The fourth-order valence-corrected chi connectivity index (χ4v) is 3.49. The molecule has 0 bridgehead atoms. The molecule has 1 N–H and O–H groups in total. The molecule has 0 saturated carbocycles. The first-order chi connectivity index (χ1) is 9.61. The predicted molar refractivity (Wildman–Crippen MR) is 87.4 cm³/mol. The number of thioether (sulfide) groups is 1. The minimum Gasteiger partial charge on any atom is -0.356 e. The molecular formula is C15H24N4S. The Bertz CT molecular complexity index is 444. The van der Waals surface area contributed by atoms with Crippen LogP contribution in [0.2, 0.25) is 0 Å². The van der Waals surface area contributed by atoms with Crippen LogP contribution in [0.3, 0.4) is 0 Å². The summed E-state index contributed by atoms with van der Waals surface area (Å²) in [5.74, 6) is 2.17. The molecule has 0 unspecified atom stereocenters. The van der Waals surface area contributed by atoms with E-state index in [1.54, 1.807) is 0 Å². The van der Waals surface area contributed by atoms with Gasteiger partial charge in [-0.2, -0.15) is 11.8 Å². The number of hydrogen-bond acceptors (Lipinski definition) is 3. The lowest BCUT2D eigenvalue weighted by Crippen LogP contribution is -2.51. The molecule has 20 heavy (non-hydrogen) atoms. The summed E-state index contributed by atoms with van der Waals surface area (Å²) in [6.07, 6.45) is 2.76. The standard InChI is InChI=1S/C15H24N4S/c1-15(2)12-19(10-11-20-15)14(16-3)18-9-7-13-6-4-5-8-17-13/h4-6,8H,7,9-12H2,1-3H3,(H,16,18). The van der Waals surface area contributed by atoms with E-state index >= 15 is 0 Å². The van der Waals surface area contributed by atoms with Gasteiger partial charge in [0.1, 0.15) is 0 Å². The third kappa shape index (κ3) is 4.40. The summed E-state index contributed by atoms with van der Waals surface area (Å²) in [7, 11) is 1.86. The number of guanidine groups is 1. The van der Waals surface area contributed by atoms with E-state index in [1.165, 1.54) is 0 Å². The van der Waals surface area contributed by atoms with E-state index in [4.69, 9.17) is 0 Å². The molecule has 1 aromatic heterocycles. The van der Waals surface area contributed by atoms with Gasteiger partial charge in [-0.15, -0.1) is 0 Å². The van der Waals surface area contributed by atoms with Gasteiger partial charge < -0.3 is 10.2 Å². The Kier molecular flexibility index (Phi) is 5.29. The van der Waals surface area contributed by atoms with Crippen molar-refractivity contribution in [2.24, 2.45) is 4.99 Å². The molecule has 110 valence electrons. The average molecular weight is 292 g/mol. The Balaban J connectivity index is 1.84. The fourth-order valence-electron chi connectivity index (χ4n) is 2.38. The molecule has 0 aromatic carbocycles. The molecule has 1 aliphatic rings. The Hall–Kier alpha value is -1.23.